The molecule has 0 fully saturated rings. The Morgan fingerprint density at radius 3 is 2.62 bits per heavy atom. The van der Waals surface area contributed by atoms with Crippen molar-refractivity contribution in [2.75, 3.05) is 14.2 Å². The molecule has 1 unspecified atom stereocenters. The topological polar surface area (TPSA) is 97.4 Å². The minimum atomic E-state index is -3.74. The van der Waals surface area contributed by atoms with Gasteiger partial charge in [0.05, 0.1) is 13.2 Å². The molecule has 1 aromatic carbocycles. The number of methoxy groups -OCH3 is 1. The molecule has 1 amide bonds. The van der Waals surface area contributed by atoms with Gasteiger partial charge in [-0.2, -0.15) is 0 Å². The van der Waals surface area contributed by atoms with Crippen LogP contribution in [0.1, 0.15) is 28.9 Å². The standard InChI is InChI=1S/C16H19N3O4S/c1-11(13-5-4-8-18-10-13)19-16(20)12-6-7-14(23-3)15(9-12)24(21,22)17-2/h4-11,17H,1-3H3,(H,19,20). The van der Waals surface area contributed by atoms with E-state index in [-0.39, 0.29) is 28.2 Å². The third kappa shape index (κ3) is 3.90. The highest BCUT2D eigenvalue weighted by Crippen LogP contribution is 2.25. The van der Waals surface area contributed by atoms with Gasteiger partial charge in [0.1, 0.15) is 10.6 Å². The zero-order chi connectivity index (χ0) is 17.7. The van der Waals surface area contributed by atoms with Gasteiger partial charge in [-0.15, -0.1) is 0 Å². The van der Waals surface area contributed by atoms with Crippen LogP contribution >= 0.6 is 0 Å². The Bertz CT molecular complexity index is 822. The van der Waals surface area contributed by atoms with Gasteiger partial charge in [-0.1, -0.05) is 6.07 Å². The van der Waals surface area contributed by atoms with E-state index in [0.29, 0.717) is 0 Å². The lowest BCUT2D eigenvalue weighted by Crippen LogP contribution is -2.27. The number of rotatable bonds is 6. The van der Waals surface area contributed by atoms with E-state index in [1.165, 1.54) is 32.4 Å². The number of amides is 1. The third-order valence-electron chi connectivity index (χ3n) is 3.52. The van der Waals surface area contributed by atoms with Gasteiger partial charge in [0.2, 0.25) is 10.0 Å². The summed E-state index contributed by atoms with van der Waals surface area (Å²) < 4.78 is 31.4. The first-order valence-corrected chi connectivity index (χ1v) is 8.69. The molecule has 0 aliphatic carbocycles. The molecular weight excluding hydrogens is 330 g/mol. The minimum Gasteiger partial charge on any atom is -0.495 e. The van der Waals surface area contributed by atoms with Crippen LogP contribution in [0, 0.1) is 0 Å². The molecule has 1 atom stereocenters. The second kappa shape index (κ2) is 7.41. The lowest BCUT2D eigenvalue weighted by Gasteiger charge is -2.15. The monoisotopic (exact) mass is 349 g/mol. The molecule has 7 nitrogen and oxygen atoms in total. The Hall–Kier alpha value is -2.45. The van der Waals surface area contributed by atoms with Crippen molar-refractivity contribution in [3.8, 4) is 5.75 Å². The maximum absolute atomic E-state index is 12.4. The molecule has 128 valence electrons. The first-order chi connectivity index (χ1) is 11.4. The Balaban J connectivity index is 2.29. The van der Waals surface area contributed by atoms with Crippen LogP contribution < -0.4 is 14.8 Å². The number of sulfonamides is 1. The van der Waals surface area contributed by atoms with Crippen LogP contribution in [-0.4, -0.2) is 33.5 Å². The summed E-state index contributed by atoms with van der Waals surface area (Å²) in [6.45, 7) is 1.82. The van der Waals surface area contributed by atoms with E-state index in [2.05, 4.69) is 15.0 Å². The van der Waals surface area contributed by atoms with Crippen molar-refractivity contribution < 1.29 is 17.9 Å². The number of nitrogens with one attached hydrogen (secondary N) is 2. The van der Waals surface area contributed by atoms with Gasteiger partial charge in [0, 0.05) is 18.0 Å². The van der Waals surface area contributed by atoms with Crippen LogP contribution in [0.2, 0.25) is 0 Å². The SMILES string of the molecule is CNS(=O)(=O)c1cc(C(=O)NC(C)c2cccnc2)ccc1OC. The zero-order valence-electron chi connectivity index (χ0n) is 13.6. The molecule has 0 saturated heterocycles. The van der Waals surface area contributed by atoms with Crippen LogP contribution in [0.3, 0.4) is 0 Å². The zero-order valence-corrected chi connectivity index (χ0v) is 14.4. The molecule has 0 aliphatic heterocycles. The smallest absolute Gasteiger partial charge is 0.251 e. The van der Waals surface area contributed by atoms with E-state index in [0.717, 1.165) is 5.56 Å². The van der Waals surface area contributed by atoms with Crippen molar-refractivity contribution in [3.63, 3.8) is 0 Å². The fraction of sp³-hybridized carbons (Fsp3) is 0.250. The van der Waals surface area contributed by atoms with Crippen LogP contribution in [0.4, 0.5) is 0 Å². The summed E-state index contributed by atoms with van der Waals surface area (Å²) >= 11 is 0. The summed E-state index contributed by atoms with van der Waals surface area (Å²) in [7, 11) is -1.08. The minimum absolute atomic E-state index is 0.0887. The van der Waals surface area contributed by atoms with Crippen molar-refractivity contribution in [1.29, 1.82) is 0 Å². The second-order valence-electron chi connectivity index (χ2n) is 5.05. The number of carbonyl (C=O) groups is 1. The number of nitrogens with zero attached hydrogens (tertiary/aromatic N) is 1. The van der Waals surface area contributed by atoms with Crippen LogP contribution in [0.15, 0.2) is 47.6 Å². The highest BCUT2D eigenvalue weighted by Gasteiger charge is 2.21. The van der Waals surface area contributed by atoms with Crippen molar-refractivity contribution >= 4 is 15.9 Å². The fourth-order valence-corrected chi connectivity index (χ4v) is 3.05. The molecule has 2 N–H and O–H groups in total. The quantitative estimate of drug-likeness (QED) is 0.823. The molecule has 0 bridgehead atoms. The predicted octanol–water partition coefficient (Wildman–Crippen LogP) is 1.49. The molecular formula is C16H19N3O4S. The number of hydrogen-bond donors (Lipinski definition) is 2. The van der Waals surface area contributed by atoms with E-state index in [4.69, 9.17) is 4.74 Å². The fourth-order valence-electron chi connectivity index (χ4n) is 2.13. The Labute approximate surface area is 141 Å². The average Bonchev–Trinajstić information content (AvgIpc) is 2.61. The van der Waals surface area contributed by atoms with Crippen LogP contribution in [0.25, 0.3) is 0 Å². The first kappa shape index (κ1) is 17.9. The van der Waals surface area contributed by atoms with Gasteiger partial charge in [0.15, 0.2) is 0 Å². The lowest BCUT2D eigenvalue weighted by molar-refractivity contribution is 0.0939. The number of benzene rings is 1. The van der Waals surface area contributed by atoms with Crippen molar-refractivity contribution in [1.82, 2.24) is 15.0 Å². The number of carbonyl (C=O) groups excluding carboxylic acids is 1. The van der Waals surface area contributed by atoms with Crippen molar-refractivity contribution in [2.45, 2.75) is 17.9 Å². The average molecular weight is 349 g/mol. The van der Waals surface area contributed by atoms with Gasteiger partial charge < -0.3 is 10.1 Å². The predicted molar refractivity (Wildman–Crippen MR) is 89.4 cm³/mol. The molecule has 24 heavy (non-hydrogen) atoms. The lowest BCUT2D eigenvalue weighted by atomic mass is 10.1. The van der Waals surface area contributed by atoms with E-state index < -0.39 is 10.0 Å². The molecule has 1 heterocycles. The molecule has 0 saturated carbocycles. The van der Waals surface area contributed by atoms with Crippen LogP contribution in [0.5, 0.6) is 5.75 Å². The summed E-state index contributed by atoms with van der Waals surface area (Å²) in [6.07, 6.45) is 3.31. The molecule has 0 spiro atoms. The maximum atomic E-state index is 12.4. The normalized spacial score (nSPS) is 12.5. The Kier molecular flexibility index (Phi) is 5.53. The third-order valence-corrected chi connectivity index (χ3v) is 4.95. The van der Waals surface area contributed by atoms with E-state index in [1.54, 1.807) is 18.5 Å². The van der Waals surface area contributed by atoms with Crippen molar-refractivity contribution in [2.24, 2.45) is 0 Å². The summed E-state index contributed by atoms with van der Waals surface area (Å²) in [5.74, 6) is -0.220. The second-order valence-corrected chi connectivity index (χ2v) is 6.91. The molecule has 0 radical (unpaired) electrons. The number of ether oxygens (including phenoxy) is 1. The molecule has 2 aromatic rings. The van der Waals surface area contributed by atoms with Gasteiger partial charge in [-0.25, -0.2) is 13.1 Å². The summed E-state index contributed by atoms with van der Waals surface area (Å²) in [4.78, 5) is 16.3. The largest absolute Gasteiger partial charge is 0.495 e. The van der Waals surface area contributed by atoms with Gasteiger partial charge in [-0.3, -0.25) is 9.78 Å². The van der Waals surface area contributed by atoms with Crippen LogP contribution in [-0.2, 0) is 10.0 Å². The number of aromatic nitrogens is 1. The highest BCUT2D eigenvalue weighted by molar-refractivity contribution is 7.89. The van der Waals surface area contributed by atoms with Gasteiger partial charge in [-0.05, 0) is 43.8 Å². The molecule has 2 rings (SSSR count). The Morgan fingerprint density at radius 2 is 2.04 bits per heavy atom. The molecule has 1 aromatic heterocycles. The van der Waals surface area contributed by atoms with Gasteiger partial charge in [0.25, 0.3) is 5.91 Å². The maximum Gasteiger partial charge on any atom is 0.251 e. The number of pyridine rings is 1. The molecule has 0 aliphatic rings. The van der Waals surface area contributed by atoms with E-state index >= 15 is 0 Å². The highest BCUT2D eigenvalue weighted by atomic mass is 32.2. The molecule has 8 heteroatoms. The summed E-state index contributed by atoms with van der Waals surface area (Å²) in [5.41, 5.74) is 1.07. The first-order valence-electron chi connectivity index (χ1n) is 7.21. The summed E-state index contributed by atoms with van der Waals surface area (Å²) in [6, 6.07) is 7.62. The van der Waals surface area contributed by atoms with E-state index in [1.807, 2.05) is 13.0 Å². The number of hydrogen-bond acceptors (Lipinski definition) is 5. The Morgan fingerprint density at radius 1 is 1.29 bits per heavy atom. The van der Waals surface area contributed by atoms with Gasteiger partial charge >= 0.3 is 0 Å². The van der Waals surface area contributed by atoms with Crippen molar-refractivity contribution in [3.05, 3.63) is 53.9 Å². The van der Waals surface area contributed by atoms with E-state index in [9.17, 15) is 13.2 Å². The summed E-state index contributed by atoms with van der Waals surface area (Å²) in [5, 5.41) is 2.81.